The molecule has 7 heteroatoms. The Kier molecular flexibility index (Phi) is 6.45. The lowest BCUT2D eigenvalue weighted by Crippen LogP contribution is -2.18. The van der Waals surface area contributed by atoms with Gasteiger partial charge in [-0.15, -0.1) is 0 Å². The zero-order valence-electron chi connectivity index (χ0n) is 12.4. The number of nitrogens with one attached hydrogen (secondary N) is 1. The first kappa shape index (κ1) is 16.7. The first-order chi connectivity index (χ1) is 9.99. The van der Waals surface area contributed by atoms with Gasteiger partial charge in [0.15, 0.2) is 5.75 Å². The maximum Gasteiger partial charge on any atom is 0.340 e. The molecular weight excluding hydrogens is 278 g/mol. The second-order valence-electron chi connectivity index (χ2n) is 4.25. The summed E-state index contributed by atoms with van der Waals surface area (Å²) in [6.45, 7) is 3.72. The Morgan fingerprint density at radius 1 is 1.33 bits per heavy atom. The SMILES string of the molecule is CCOC(=O)c1cc(OCCCC(=O)OC)c(=O)[nH]c1C. The van der Waals surface area contributed by atoms with Crippen molar-refractivity contribution in [2.24, 2.45) is 0 Å². The van der Waals surface area contributed by atoms with Gasteiger partial charge in [0.05, 0.1) is 25.9 Å². The number of ether oxygens (including phenoxy) is 3. The van der Waals surface area contributed by atoms with E-state index in [0.29, 0.717) is 12.1 Å². The van der Waals surface area contributed by atoms with Crippen LogP contribution in [-0.4, -0.2) is 37.2 Å². The number of carbonyl (C=O) groups is 2. The lowest BCUT2D eigenvalue weighted by molar-refractivity contribution is -0.140. The summed E-state index contributed by atoms with van der Waals surface area (Å²) >= 11 is 0. The van der Waals surface area contributed by atoms with Gasteiger partial charge >= 0.3 is 11.9 Å². The van der Waals surface area contributed by atoms with E-state index in [-0.39, 0.29) is 36.9 Å². The van der Waals surface area contributed by atoms with Crippen molar-refractivity contribution in [3.05, 3.63) is 27.7 Å². The minimum Gasteiger partial charge on any atom is -0.488 e. The molecule has 1 aromatic heterocycles. The fourth-order valence-electron chi connectivity index (χ4n) is 1.63. The van der Waals surface area contributed by atoms with E-state index in [1.807, 2.05) is 0 Å². The molecule has 1 N–H and O–H groups in total. The number of aromatic amines is 1. The van der Waals surface area contributed by atoms with Crippen LogP contribution in [0.3, 0.4) is 0 Å². The van der Waals surface area contributed by atoms with Gasteiger partial charge in [-0.05, 0) is 20.3 Å². The molecular formula is C14H19NO6. The summed E-state index contributed by atoms with van der Waals surface area (Å²) in [5.74, 6) is -0.845. The van der Waals surface area contributed by atoms with E-state index in [4.69, 9.17) is 9.47 Å². The zero-order chi connectivity index (χ0) is 15.8. The van der Waals surface area contributed by atoms with Gasteiger partial charge in [0.2, 0.25) is 0 Å². The third kappa shape index (κ3) is 4.94. The molecule has 0 aliphatic heterocycles. The van der Waals surface area contributed by atoms with Crippen LogP contribution in [0.2, 0.25) is 0 Å². The Bertz CT molecular complexity index is 563. The number of aromatic nitrogens is 1. The highest BCUT2D eigenvalue weighted by Crippen LogP contribution is 2.12. The summed E-state index contributed by atoms with van der Waals surface area (Å²) in [5.41, 5.74) is 0.235. The maximum absolute atomic E-state index is 11.7. The molecule has 1 aromatic rings. The molecule has 0 bridgehead atoms. The van der Waals surface area contributed by atoms with E-state index in [2.05, 4.69) is 9.72 Å². The zero-order valence-corrected chi connectivity index (χ0v) is 12.4. The summed E-state index contributed by atoms with van der Waals surface area (Å²) in [5, 5.41) is 0. The van der Waals surface area contributed by atoms with Gasteiger partial charge in [0, 0.05) is 18.2 Å². The second-order valence-corrected chi connectivity index (χ2v) is 4.25. The first-order valence-electron chi connectivity index (χ1n) is 6.60. The van der Waals surface area contributed by atoms with Crippen LogP contribution in [0.5, 0.6) is 5.75 Å². The molecule has 0 fully saturated rings. The number of H-pyrrole nitrogens is 1. The van der Waals surface area contributed by atoms with Crippen molar-refractivity contribution in [3.63, 3.8) is 0 Å². The minimum atomic E-state index is -0.523. The predicted molar refractivity (Wildman–Crippen MR) is 74.5 cm³/mol. The van der Waals surface area contributed by atoms with Crippen LogP contribution in [0.25, 0.3) is 0 Å². The molecule has 0 amide bonds. The number of pyridine rings is 1. The molecule has 0 saturated carbocycles. The minimum absolute atomic E-state index is 0.0218. The Labute approximate surface area is 122 Å². The molecule has 0 aromatic carbocycles. The fourth-order valence-corrected chi connectivity index (χ4v) is 1.63. The molecule has 1 heterocycles. The van der Waals surface area contributed by atoms with Crippen molar-refractivity contribution in [3.8, 4) is 5.75 Å². The number of methoxy groups -OCH3 is 1. The summed E-state index contributed by atoms with van der Waals surface area (Å²) in [4.78, 5) is 36.9. The normalized spacial score (nSPS) is 10.0. The average Bonchev–Trinajstić information content (AvgIpc) is 2.45. The highest BCUT2D eigenvalue weighted by atomic mass is 16.5. The van der Waals surface area contributed by atoms with Crippen LogP contribution in [0.15, 0.2) is 10.9 Å². The number of carbonyl (C=O) groups excluding carboxylic acids is 2. The van der Waals surface area contributed by atoms with Crippen LogP contribution < -0.4 is 10.3 Å². The first-order valence-corrected chi connectivity index (χ1v) is 6.60. The molecule has 0 radical (unpaired) electrons. The van der Waals surface area contributed by atoms with E-state index in [1.54, 1.807) is 13.8 Å². The summed E-state index contributed by atoms with van der Waals surface area (Å²) in [6.07, 6.45) is 0.611. The number of aryl methyl sites for hydroxylation is 1. The third-order valence-corrected chi connectivity index (χ3v) is 2.71. The topological polar surface area (TPSA) is 94.7 Å². The van der Waals surface area contributed by atoms with Crippen molar-refractivity contribution in [2.45, 2.75) is 26.7 Å². The number of esters is 2. The lowest BCUT2D eigenvalue weighted by atomic mass is 10.2. The quantitative estimate of drug-likeness (QED) is 0.600. The Balaban J connectivity index is 2.74. The van der Waals surface area contributed by atoms with Crippen molar-refractivity contribution < 1.29 is 23.8 Å². The predicted octanol–water partition coefficient (Wildman–Crippen LogP) is 1.19. The molecule has 0 aliphatic rings. The van der Waals surface area contributed by atoms with Crippen molar-refractivity contribution >= 4 is 11.9 Å². The van der Waals surface area contributed by atoms with Gasteiger partial charge in [0.25, 0.3) is 5.56 Å². The van der Waals surface area contributed by atoms with Gasteiger partial charge in [-0.25, -0.2) is 4.79 Å². The highest BCUT2D eigenvalue weighted by Gasteiger charge is 2.14. The lowest BCUT2D eigenvalue weighted by Gasteiger charge is -2.09. The van der Waals surface area contributed by atoms with E-state index in [9.17, 15) is 14.4 Å². The summed E-state index contributed by atoms with van der Waals surface area (Å²) < 4.78 is 14.7. The van der Waals surface area contributed by atoms with Gasteiger partial charge in [-0.2, -0.15) is 0 Å². The largest absolute Gasteiger partial charge is 0.488 e. The maximum atomic E-state index is 11.7. The molecule has 21 heavy (non-hydrogen) atoms. The third-order valence-electron chi connectivity index (χ3n) is 2.71. The molecule has 0 unspecified atom stereocenters. The molecule has 0 aliphatic carbocycles. The summed E-state index contributed by atoms with van der Waals surface area (Å²) in [6, 6.07) is 1.35. The Morgan fingerprint density at radius 3 is 2.67 bits per heavy atom. The van der Waals surface area contributed by atoms with Crippen LogP contribution >= 0.6 is 0 Å². The standard InChI is InChI=1S/C14H19NO6/c1-4-20-14(18)10-8-11(13(17)15-9(10)2)21-7-5-6-12(16)19-3/h8H,4-7H2,1-3H3,(H,15,17). The van der Waals surface area contributed by atoms with Gasteiger partial charge in [0.1, 0.15) is 0 Å². The van der Waals surface area contributed by atoms with Crippen molar-refractivity contribution in [2.75, 3.05) is 20.3 Å². The fraction of sp³-hybridized carbons (Fsp3) is 0.500. The van der Waals surface area contributed by atoms with Gasteiger partial charge < -0.3 is 19.2 Å². The Hall–Kier alpha value is -2.31. The summed E-state index contributed by atoms with van der Waals surface area (Å²) in [7, 11) is 1.31. The second kappa shape index (κ2) is 8.08. The smallest absolute Gasteiger partial charge is 0.340 e. The molecule has 0 spiro atoms. The monoisotopic (exact) mass is 297 g/mol. The highest BCUT2D eigenvalue weighted by molar-refractivity contribution is 5.90. The average molecular weight is 297 g/mol. The van der Waals surface area contributed by atoms with E-state index >= 15 is 0 Å². The molecule has 0 saturated heterocycles. The van der Waals surface area contributed by atoms with Crippen LogP contribution in [-0.2, 0) is 14.3 Å². The number of rotatable bonds is 7. The van der Waals surface area contributed by atoms with Gasteiger partial charge in [-0.1, -0.05) is 0 Å². The van der Waals surface area contributed by atoms with Crippen LogP contribution in [0.1, 0.15) is 35.8 Å². The van der Waals surface area contributed by atoms with Crippen molar-refractivity contribution in [1.29, 1.82) is 0 Å². The van der Waals surface area contributed by atoms with E-state index < -0.39 is 11.5 Å². The van der Waals surface area contributed by atoms with Crippen LogP contribution in [0, 0.1) is 6.92 Å². The molecule has 116 valence electrons. The van der Waals surface area contributed by atoms with Gasteiger partial charge in [-0.3, -0.25) is 9.59 Å². The molecule has 7 nitrogen and oxygen atoms in total. The molecule has 1 rings (SSSR count). The number of hydrogen-bond donors (Lipinski definition) is 1. The van der Waals surface area contributed by atoms with E-state index in [0.717, 1.165) is 0 Å². The van der Waals surface area contributed by atoms with Crippen molar-refractivity contribution in [1.82, 2.24) is 4.98 Å². The Morgan fingerprint density at radius 2 is 2.05 bits per heavy atom. The number of hydrogen-bond acceptors (Lipinski definition) is 6. The van der Waals surface area contributed by atoms with E-state index in [1.165, 1.54) is 13.2 Å². The molecule has 0 atom stereocenters. The van der Waals surface area contributed by atoms with Crippen LogP contribution in [0.4, 0.5) is 0 Å².